The Labute approximate surface area is 156 Å². The third kappa shape index (κ3) is 3.31. The summed E-state index contributed by atoms with van der Waals surface area (Å²) in [4.78, 5) is 24.8. The molecule has 7 nitrogen and oxygen atoms in total. The molecule has 0 aromatic heterocycles. The SMILES string of the molecule is CCOC(=O)CN1C(=C(O)c2ccccc2)C(=O)c2ccccc2S1(=O)=O. The minimum Gasteiger partial charge on any atom is -0.505 e. The van der Waals surface area contributed by atoms with E-state index in [0.29, 0.717) is 4.31 Å². The number of esters is 1. The van der Waals surface area contributed by atoms with Crippen LogP contribution in [0.1, 0.15) is 22.8 Å². The lowest BCUT2D eigenvalue weighted by Gasteiger charge is -2.31. The highest BCUT2D eigenvalue weighted by atomic mass is 32.2. The first-order chi connectivity index (χ1) is 12.9. The molecule has 0 unspecified atom stereocenters. The number of benzene rings is 2. The molecule has 1 N–H and O–H groups in total. The van der Waals surface area contributed by atoms with Crippen LogP contribution in [-0.2, 0) is 19.6 Å². The minimum absolute atomic E-state index is 0.0565. The number of nitrogens with zero attached hydrogens (tertiary/aromatic N) is 1. The van der Waals surface area contributed by atoms with E-state index in [2.05, 4.69) is 0 Å². The zero-order valence-electron chi connectivity index (χ0n) is 14.5. The first-order valence-electron chi connectivity index (χ1n) is 8.18. The molecule has 3 rings (SSSR count). The molecule has 27 heavy (non-hydrogen) atoms. The molecule has 1 aliphatic heterocycles. The second-order valence-corrected chi connectivity index (χ2v) is 7.54. The molecular formula is C19H17NO6S. The smallest absolute Gasteiger partial charge is 0.326 e. The van der Waals surface area contributed by atoms with Crippen LogP contribution in [0.2, 0.25) is 0 Å². The molecular weight excluding hydrogens is 370 g/mol. The van der Waals surface area contributed by atoms with Crippen molar-refractivity contribution in [2.24, 2.45) is 0 Å². The van der Waals surface area contributed by atoms with Crippen molar-refractivity contribution in [1.29, 1.82) is 0 Å². The molecule has 0 amide bonds. The molecule has 0 saturated carbocycles. The summed E-state index contributed by atoms with van der Waals surface area (Å²) in [5, 5.41) is 10.7. The topological polar surface area (TPSA) is 101 Å². The van der Waals surface area contributed by atoms with Gasteiger partial charge in [-0.15, -0.1) is 0 Å². The van der Waals surface area contributed by atoms with Gasteiger partial charge in [-0.25, -0.2) is 12.7 Å². The van der Waals surface area contributed by atoms with Crippen molar-refractivity contribution in [3.63, 3.8) is 0 Å². The number of rotatable bonds is 4. The monoisotopic (exact) mass is 387 g/mol. The van der Waals surface area contributed by atoms with Gasteiger partial charge in [0.1, 0.15) is 12.2 Å². The van der Waals surface area contributed by atoms with Crippen molar-refractivity contribution in [2.45, 2.75) is 11.8 Å². The van der Waals surface area contributed by atoms with Crippen molar-refractivity contribution in [3.8, 4) is 0 Å². The van der Waals surface area contributed by atoms with E-state index >= 15 is 0 Å². The average Bonchev–Trinajstić information content (AvgIpc) is 2.67. The van der Waals surface area contributed by atoms with Crippen LogP contribution in [0.15, 0.2) is 65.2 Å². The summed E-state index contributed by atoms with van der Waals surface area (Å²) in [6.45, 7) is 0.921. The molecule has 1 heterocycles. The summed E-state index contributed by atoms with van der Waals surface area (Å²) in [5.74, 6) is -2.04. The number of Topliss-reactive ketones (excluding diaryl/α,β-unsaturated/α-hetero) is 1. The van der Waals surface area contributed by atoms with Crippen LogP contribution >= 0.6 is 0 Å². The van der Waals surface area contributed by atoms with Crippen LogP contribution in [0, 0.1) is 0 Å². The maximum Gasteiger partial charge on any atom is 0.326 e. The van der Waals surface area contributed by atoms with Crippen molar-refractivity contribution in [3.05, 3.63) is 71.4 Å². The van der Waals surface area contributed by atoms with Crippen LogP contribution in [0.4, 0.5) is 0 Å². The number of aliphatic hydroxyl groups excluding tert-OH is 1. The Kier molecular flexibility index (Phi) is 5.00. The number of ketones is 1. The second-order valence-electron chi connectivity index (χ2n) is 5.71. The molecule has 8 heteroatoms. The largest absolute Gasteiger partial charge is 0.505 e. The molecule has 2 aromatic rings. The zero-order valence-corrected chi connectivity index (χ0v) is 15.3. The summed E-state index contributed by atoms with van der Waals surface area (Å²) < 4.78 is 31.6. The van der Waals surface area contributed by atoms with E-state index in [1.807, 2.05) is 0 Å². The first-order valence-corrected chi connectivity index (χ1v) is 9.62. The normalized spacial score (nSPS) is 17.2. The molecule has 0 saturated heterocycles. The third-order valence-corrected chi connectivity index (χ3v) is 5.82. The summed E-state index contributed by atoms with van der Waals surface area (Å²) >= 11 is 0. The minimum atomic E-state index is -4.24. The average molecular weight is 387 g/mol. The Morgan fingerprint density at radius 1 is 1.07 bits per heavy atom. The Bertz CT molecular complexity index is 1030. The maximum absolute atomic E-state index is 13.1. The number of aliphatic hydroxyl groups is 1. The fourth-order valence-corrected chi connectivity index (χ4v) is 4.42. The summed E-state index contributed by atoms with van der Waals surface area (Å²) in [5.41, 5.74) is -0.285. The van der Waals surface area contributed by atoms with Gasteiger partial charge in [0.15, 0.2) is 5.76 Å². The van der Waals surface area contributed by atoms with Crippen molar-refractivity contribution in [2.75, 3.05) is 13.2 Å². The first kappa shape index (κ1) is 18.7. The van der Waals surface area contributed by atoms with Gasteiger partial charge in [-0.1, -0.05) is 42.5 Å². The van der Waals surface area contributed by atoms with Crippen molar-refractivity contribution < 1.29 is 27.9 Å². The van der Waals surface area contributed by atoms with Crippen molar-refractivity contribution >= 4 is 27.5 Å². The van der Waals surface area contributed by atoms with E-state index < -0.39 is 39.8 Å². The van der Waals surface area contributed by atoms with E-state index in [4.69, 9.17) is 4.74 Å². The standard InChI is InChI=1S/C19H17NO6S/c1-2-26-16(21)12-20-17(18(22)13-8-4-3-5-9-13)19(23)14-10-6-7-11-15(14)27(20,24)25/h3-11,22H,2,12H2,1H3. The highest BCUT2D eigenvalue weighted by Crippen LogP contribution is 2.35. The van der Waals surface area contributed by atoms with Gasteiger partial charge < -0.3 is 9.84 Å². The predicted molar refractivity (Wildman–Crippen MR) is 97.3 cm³/mol. The molecule has 0 fully saturated rings. The van der Waals surface area contributed by atoms with Crippen LogP contribution < -0.4 is 0 Å². The molecule has 2 aromatic carbocycles. The van der Waals surface area contributed by atoms with Gasteiger partial charge in [0.05, 0.1) is 11.5 Å². The molecule has 0 atom stereocenters. The van der Waals surface area contributed by atoms with E-state index in [-0.39, 0.29) is 22.6 Å². The number of fused-ring (bicyclic) bond motifs is 1. The maximum atomic E-state index is 13.1. The predicted octanol–water partition coefficient (Wildman–Crippen LogP) is 2.36. The van der Waals surface area contributed by atoms with Gasteiger partial charge in [0.25, 0.3) is 10.0 Å². The molecule has 0 radical (unpaired) electrons. The Morgan fingerprint density at radius 2 is 1.70 bits per heavy atom. The van der Waals surface area contributed by atoms with E-state index in [0.717, 1.165) is 0 Å². The number of sulfonamides is 1. The van der Waals surface area contributed by atoms with Gasteiger partial charge in [-0.3, -0.25) is 9.59 Å². The van der Waals surface area contributed by atoms with E-state index in [1.165, 1.54) is 36.4 Å². The Balaban J connectivity index is 2.25. The number of hydrogen-bond acceptors (Lipinski definition) is 6. The van der Waals surface area contributed by atoms with E-state index in [1.54, 1.807) is 25.1 Å². The number of ether oxygens (including phenoxy) is 1. The summed E-state index contributed by atoms with van der Waals surface area (Å²) in [6, 6.07) is 13.7. The molecule has 1 aliphatic rings. The lowest BCUT2D eigenvalue weighted by atomic mass is 10.0. The van der Waals surface area contributed by atoms with Crippen LogP contribution in [-0.4, -0.2) is 42.7 Å². The number of allylic oxidation sites excluding steroid dienone is 1. The fraction of sp³-hybridized carbons (Fsp3) is 0.158. The third-order valence-electron chi connectivity index (χ3n) is 4.01. The highest BCUT2D eigenvalue weighted by molar-refractivity contribution is 7.89. The molecule has 0 bridgehead atoms. The lowest BCUT2D eigenvalue weighted by molar-refractivity contribution is -0.142. The van der Waals surface area contributed by atoms with Gasteiger partial charge in [0, 0.05) is 11.1 Å². The van der Waals surface area contributed by atoms with E-state index in [9.17, 15) is 23.1 Å². The number of carbonyl (C=O) groups excluding carboxylic acids is 2. The zero-order chi connectivity index (χ0) is 19.6. The molecule has 0 aliphatic carbocycles. The Morgan fingerprint density at radius 3 is 2.37 bits per heavy atom. The van der Waals surface area contributed by atoms with Gasteiger partial charge in [-0.2, -0.15) is 0 Å². The number of carbonyl (C=O) groups is 2. The van der Waals surface area contributed by atoms with Gasteiger partial charge in [0.2, 0.25) is 5.78 Å². The quantitative estimate of drug-likeness (QED) is 0.491. The fourth-order valence-electron chi connectivity index (χ4n) is 2.81. The molecule has 140 valence electrons. The second kappa shape index (κ2) is 7.24. The molecule has 0 spiro atoms. The lowest BCUT2D eigenvalue weighted by Crippen LogP contribution is -2.43. The Hall–Kier alpha value is -3.13. The summed E-state index contributed by atoms with van der Waals surface area (Å²) in [7, 11) is -4.24. The van der Waals surface area contributed by atoms with Gasteiger partial charge in [-0.05, 0) is 19.1 Å². The number of hydrogen-bond donors (Lipinski definition) is 1. The van der Waals surface area contributed by atoms with Gasteiger partial charge >= 0.3 is 5.97 Å². The summed E-state index contributed by atoms with van der Waals surface area (Å²) in [6.07, 6.45) is 0. The van der Waals surface area contributed by atoms with Crippen molar-refractivity contribution in [1.82, 2.24) is 4.31 Å². The van der Waals surface area contributed by atoms with Crippen LogP contribution in [0.5, 0.6) is 0 Å². The highest BCUT2D eigenvalue weighted by Gasteiger charge is 2.42. The van der Waals surface area contributed by atoms with Crippen LogP contribution in [0.3, 0.4) is 0 Å². The van der Waals surface area contributed by atoms with Crippen LogP contribution in [0.25, 0.3) is 5.76 Å².